The third-order valence-corrected chi connectivity index (χ3v) is 5.36. The number of nitrogens with zero attached hydrogens (tertiary/aromatic N) is 4. The lowest BCUT2D eigenvalue weighted by Crippen LogP contribution is -2.37. The molecule has 4 rings (SSSR count). The van der Waals surface area contributed by atoms with E-state index in [4.69, 9.17) is 38.4 Å². The van der Waals surface area contributed by atoms with E-state index in [2.05, 4.69) is 4.90 Å². The summed E-state index contributed by atoms with van der Waals surface area (Å²) in [6.07, 6.45) is 0. The van der Waals surface area contributed by atoms with E-state index in [9.17, 15) is 0 Å². The van der Waals surface area contributed by atoms with E-state index < -0.39 is 0 Å². The number of hydrogen-bond acceptors (Lipinski definition) is 5. The van der Waals surface area contributed by atoms with Crippen LogP contribution in [-0.2, 0) is 11.4 Å². The Morgan fingerprint density at radius 1 is 1.07 bits per heavy atom. The molecule has 0 saturated carbocycles. The minimum atomic E-state index is 0.631. The van der Waals surface area contributed by atoms with Crippen molar-refractivity contribution < 1.29 is 9.47 Å². The van der Waals surface area contributed by atoms with Gasteiger partial charge in [-0.1, -0.05) is 11.6 Å². The summed E-state index contributed by atoms with van der Waals surface area (Å²) < 4.78 is 15.2. The van der Waals surface area contributed by atoms with Crippen molar-refractivity contribution in [2.45, 2.75) is 6.67 Å². The Morgan fingerprint density at radius 2 is 1.75 bits per heavy atom. The molecule has 3 aromatic rings. The fraction of sp³-hybridized carbons (Fsp3) is 0.300. The third-order valence-electron chi connectivity index (χ3n) is 4.71. The number of benzene rings is 2. The second-order valence-corrected chi connectivity index (χ2v) is 7.32. The van der Waals surface area contributed by atoms with Gasteiger partial charge in [0.2, 0.25) is 4.77 Å². The molecule has 0 unspecified atom stereocenters. The molecule has 8 heteroatoms. The van der Waals surface area contributed by atoms with E-state index in [1.165, 1.54) is 0 Å². The van der Waals surface area contributed by atoms with Crippen LogP contribution in [0.1, 0.15) is 0 Å². The standard InChI is InChI=1S/C20H21ClN4O2S/c1-26-18-8-2-15(3-9-18)19-22-24(14-23-10-12-27-13-11-23)20(28)25(19)17-6-4-16(21)5-7-17/h2-9H,10-14H2,1H3. The molecular formula is C20H21ClN4O2S. The van der Waals surface area contributed by atoms with Crippen LogP contribution >= 0.6 is 23.8 Å². The molecule has 28 heavy (non-hydrogen) atoms. The fourth-order valence-electron chi connectivity index (χ4n) is 3.18. The van der Waals surface area contributed by atoms with E-state index >= 15 is 0 Å². The number of hydrogen-bond donors (Lipinski definition) is 0. The van der Waals surface area contributed by atoms with Crippen LogP contribution in [-0.4, -0.2) is 52.7 Å². The minimum Gasteiger partial charge on any atom is -0.497 e. The molecule has 0 atom stereocenters. The molecule has 146 valence electrons. The first-order chi connectivity index (χ1) is 13.7. The van der Waals surface area contributed by atoms with Gasteiger partial charge in [0.05, 0.1) is 32.7 Å². The Hall–Kier alpha value is -2.19. The van der Waals surface area contributed by atoms with Gasteiger partial charge in [0, 0.05) is 23.7 Å². The number of ether oxygens (including phenoxy) is 2. The average molecular weight is 417 g/mol. The molecule has 6 nitrogen and oxygen atoms in total. The lowest BCUT2D eigenvalue weighted by Gasteiger charge is -2.26. The van der Waals surface area contributed by atoms with E-state index in [0.29, 0.717) is 16.5 Å². The summed E-state index contributed by atoms with van der Waals surface area (Å²) >= 11 is 11.9. The van der Waals surface area contributed by atoms with Crippen molar-refractivity contribution in [3.05, 3.63) is 58.3 Å². The highest BCUT2D eigenvalue weighted by Crippen LogP contribution is 2.25. The van der Waals surface area contributed by atoms with E-state index in [-0.39, 0.29) is 0 Å². The first-order valence-electron chi connectivity index (χ1n) is 9.06. The quantitative estimate of drug-likeness (QED) is 0.588. The van der Waals surface area contributed by atoms with Gasteiger partial charge in [-0.05, 0) is 60.7 Å². The van der Waals surface area contributed by atoms with Crippen molar-refractivity contribution in [2.24, 2.45) is 0 Å². The van der Waals surface area contributed by atoms with Crippen LogP contribution in [0, 0.1) is 4.77 Å². The summed E-state index contributed by atoms with van der Waals surface area (Å²) in [6, 6.07) is 15.4. The van der Waals surface area contributed by atoms with Gasteiger partial charge in [-0.3, -0.25) is 9.47 Å². The summed E-state index contributed by atoms with van der Waals surface area (Å²) in [5.74, 6) is 1.58. The van der Waals surface area contributed by atoms with Gasteiger partial charge in [0.1, 0.15) is 5.75 Å². The molecule has 1 aromatic heterocycles. The Bertz CT molecular complexity index is 993. The normalized spacial score (nSPS) is 14.9. The van der Waals surface area contributed by atoms with Crippen molar-refractivity contribution in [3.8, 4) is 22.8 Å². The van der Waals surface area contributed by atoms with Crippen molar-refractivity contribution in [1.82, 2.24) is 19.2 Å². The molecule has 2 aromatic carbocycles. The zero-order valence-corrected chi connectivity index (χ0v) is 17.1. The van der Waals surface area contributed by atoms with E-state index in [0.717, 1.165) is 49.1 Å². The monoisotopic (exact) mass is 416 g/mol. The summed E-state index contributed by atoms with van der Waals surface area (Å²) in [4.78, 5) is 2.29. The maximum atomic E-state index is 6.07. The lowest BCUT2D eigenvalue weighted by atomic mass is 10.2. The fourth-order valence-corrected chi connectivity index (χ4v) is 3.60. The number of rotatable bonds is 5. The van der Waals surface area contributed by atoms with E-state index in [1.54, 1.807) is 7.11 Å². The van der Waals surface area contributed by atoms with Crippen LogP contribution in [0.5, 0.6) is 5.75 Å². The molecule has 1 fully saturated rings. The summed E-state index contributed by atoms with van der Waals surface area (Å²) in [6.45, 7) is 3.83. The van der Waals surface area contributed by atoms with Crippen LogP contribution in [0.25, 0.3) is 17.1 Å². The summed E-state index contributed by atoms with van der Waals surface area (Å²) in [5, 5.41) is 5.53. The number of halogens is 1. The molecular weight excluding hydrogens is 396 g/mol. The van der Waals surface area contributed by atoms with Crippen molar-refractivity contribution in [3.63, 3.8) is 0 Å². The highest BCUT2D eigenvalue weighted by Gasteiger charge is 2.18. The predicted octanol–water partition coefficient (Wildman–Crippen LogP) is 4.02. The Morgan fingerprint density at radius 3 is 2.39 bits per heavy atom. The molecule has 0 spiro atoms. The second-order valence-electron chi connectivity index (χ2n) is 6.52. The molecule has 2 heterocycles. The Labute approximate surface area is 173 Å². The Balaban J connectivity index is 1.78. The smallest absolute Gasteiger partial charge is 0.204 e. The predicted molar refractivity (Wildman–Crippen MR) is 112 cm³/mol. The number of aromatic nitrogens is 3. The number of methoxy groups -OCH3 is 1. The zero-order chi connectivity index (χ0) is 19.5. The van der Waals surface area contributed by atoms with Gasteiger partial charge < -0.3 is 9.47 Å². The third kappa shape index (κ3) is 3.98. The van der Waals surface area contributed by atoms with Gasteiger partial charge >= 0.3 is 0 Å². The topological polar surface area (TPSA) is 44.4 Å². The largest absolute Gasteiger partial charge is 0.497 e. The highest BCUT2D eigenvalue weighted by atomic mass is 35.5. The molecule has 0 aliphatic carbocycles. The average Bonchev–Trinajstić information content (AvgIpc) is 3.05. The van der Waals surface area contributed by atoms with Crippen LogP contribution in [0.4, 0.5) is 0 Å². The van der Waals surface area contributed by atoms with Crippen LogP contribution in [0.3, 0.4) is 0 Å². The highest BCUT2D eigenvalue weighted by molar-refractivity contribution is 7.71. The van der Waals surface area contributed by atoms with Crippen LogP contribution in [0.15, 0.2) is 48.5 Å². The lowest BCUT2D eigenvalue weighted by molar-refractivity contribution is 0.0210. The maximum Gasteiger partial charge on any atom is 0.204 e. The van der Waals surface area contributed by atoms with Crippen LogP contribution < -0.4 is 4.74 Å². The zero-order valence-electron chi connectivity index (χ0n) is 15.5. The molecule has 0 N–H and O–H groups in total. The summed E-state index contributed by atoms with van der Waals surface area (Å²) in [5.41, 5.74) is 1.89. The van der Waals surface area contributed by atoms with Crippen molar-refractivity contribution in [1.29, 1.82) is 0 Å². The molecule has 1 aliphatic heterocycles. The van der Waals surface area contributed by atoms with Gasteiger partial charge in [0.15, 0.2) is 5.82 Å². The first kappa shape index (κ1) is 19.1. The van der Waals surface area contributed by atoms with Crippen molar-refractivity contribution >= 4 is 23.8 Å². The van der Waals surface area contributed by atoms with E-state index in [1.807, 2.05) is 57.8 Å². The van der Waals surface area contributed by atoms with Crippen molar-refractivity contribution in [2.75, 3.05) is 33.4 Å². The van der Waals surface area contributed by atoms with Crippen LogP contribution in [0.2, 0.25) is 5.02 Å². The molecule has 1 aliphatic rings. The summed E-state index contributed by atoms with van der Waals surface area (Å²) in [7, 11) is 1.65. The SMILES string of the molecule is COc1ccc(-c2nn(CN3CCOCC3)c(=S)n2-c2ccc(Cl)cc2)cc1. The number of morpholine rings is 1. The minimum absolute atomic E-state index is 0.631. The molecule has 1 saturated heterocycles. The molecule has 0 amide bonds. The first-order valence-corrected chi connectivity index (χ1v) is 9.84. The van der Waals surface area contributed by atoms with Gasteiger partial charge in [-0.25, -0.2) is 4.68 Å². The molecule has 0 radical (unpaired) electrons. The van der Waals surface area contributed by atoms with Gasteiger partial charge in [0.25, 0.3) is 0 Å². The van der Waals surface area contributed by atoms with Gasteiger partial charge in [-0.15, -0.1) is 5.10 Å². The second kappa shape index (κ2) is 8.45. The van der Waals surface area contributed by atoms with Gasteiger partial charge in [-0.2, -0.15) is 0 Å². The Kier molecular flexibility index (Phi) is 5.77. The molecule has 0 bridgehead atoms. The maximum absolute atomic E-state index is 6.07.